The molecule has 2 aromatic rings. The molecule has 0 bridgehead atoms. The number of amides is 1. The van der Waals surface area contributed by atoms with Gasteiger partial charge in [-0.1, -0.05) is 0 Å². The molecule has 3 heterocycles. The number of rotatable bonds is 5. The summed E-state index contributed by atoms with van der Waals surface area (Å²) in [7, 11) is 1.60. The molecule has 3 rings (SSSR count). The monoisotopic (exact) mass is 365 g/mol. The van der Waals surface area contributed by atoms with E-state index in [4.69, 9.17) is 9.47 Å². The summed E-state index contributed by atoms with van der Waals surface area (Å²) in [6.07, 6.45) is 3.36. The number of nitrogens with one attached hydrogen (secondary N) is 1. The van der Waals surface area contributed by atoms with E-state index in [-0.39, 0.29) is 29.1 Å². The summed E-state index contributed by atoms with van der Waals surface area (Å²) in [4.78, 5) is 41.1. The van der Waals surface area contributed by atoms with Crippen molar-refractivity contribution in [3.05, 3.63) is 27.1 Å². The molecule has 1 N–H and O–H groups in total. The van der Waals surface area contributed by atoms with Crippen LogP contribution in [0.3, 0.4) is 0 Å². The summed E-state index contributed by atoms with van der Waals surface area (Å²) in [5.41, 5.74) is 0.311. The van der Waals surface area contributed by atoms with Crippen LogP contribution in [0.2, 0.25) is 0 Å². The van der Waals surface area contributed by atoms with E-state index in [2.05, 4.69) is 10.3 Å². The van der Waals surface area contributed by atoms with Crippen LogP contribution in [-0.4, -0.2) is 47.3 Å². The van der Waals surface area contributed by atoms with E-state index in [0.29, 0.717) is 28.9 Å². The van der Waals surface area contributed by atoms with Crippen LogP contribution in [0.5, 0.6) is 0 Å². The van der Waals surface area contributed by atoms with Crippen LogP contribution in [0, 0.1) is 6.92 Å². The van der Waals surface area contributed by atoms with Gasteiger partial charge in [0.1, 0.15) is 9.71 Å². The number of thiophene rings is 1. The number of fused-ring (bicyclic) bond motifs is 1. The van der Waals surface area contributed by atoms with Gasteiger partial charge in [0.15, 0.2) is 6.61 Å². The van der Waals surface area contributed by atoms with E-state index in [1.807, 2.05) is 0 Å². The third-order valence-corrected chi connectivity index (χ3v) is 5.26. The Bertz CT molecular complexity index is 867. The fourth-order valence-electron chi connectivity index (χ4n) is 2.68. The average Bonchev–Trinajstić information content (AvgIpc) is 3.22. The highest BCUT2D eigenvalue weighted by Gasteiger charge is 2.21. The average molecular weight is 365 g/mol. The summed E-state index contributed by atoms with van der Waals surface area (Å²) in [5, 5.41) is 3.09. The summed E-state index contributed by atoms with van der Waals surface area (Å²) < 4.78 is 11.8. The van der Waals surface area contributed by atoms with Gasteiger partial charge < -0.3 is 19.4 Å². The van der Waals surface area contributed by atoms with Crippen LogP contribution in [0.25, 0.3) is 10.2 Å². The molecule has 1 aliphatic rings. The Kier molecular flexibility index (Phi) is 5.14. The molecule has 0 saturated carbocycles. The van der Waals surface area contributed by atoms with Crippen molar-refractivity contribution in [3.63, 3.8) is 0 Å². The first-order chi connectivity index (χ1) is 12.0. The Morgan fingerprint density at radius 3 is 3.04 bits per heavy atom. The molecule has 25 heavy (non-hydrogen) atoms. The molecule has 1 saturated heterocycles. The number of aromatic nitrogens is 2. The molecule has 0 radical (unpaired) electrons. The molecule has 1 atom stereocenters. The number of hydrogen-bond donors (Lipinski definition) is 1. The molecule has 1 aliphatic heterocycles. The molecular weight excluding hydrogens is 346 g/mol. The zero-order valence-electron chi connectivity index (χ0n) is 14.0. The lowest BCUT2D eigenvalue weighted by Crippen LogP contribution is -2.34. The lowest BCUT2D eigenvalue weighted by atomic mass is 10.2. The number of aryl methyl sites for hydroxylation is 2. The molecule has 0 unspecified atom stereocenters. The second-order valence-corrected chi connectivity index (χ2v) is 6.91. The summed E-state index contributed by atoms with van der Waals surface area (Å²) in [5.74, 6) is -1.01. The number of nitrogens with zero attached hydrogens (tertiary/aromatic N) is 2. The molecule has 2 aromatic heterocycles. The second kappa shape index (κ2) is 7.32. The fraction of sp³-hybridized carbons (Fsp3) is 0.500. The minimum atomic E-state index is -0.630. The van der Waals surface area contributed by atoms with Gasteiger partial charge in [-0.05, 0) is 25.3 Å². The largest absolute Gasteiger partial charge is 0.451 e. The Hall–Kier alpha value is -2.26. The smallest absolute Gasteiger partial charge is 0.349 e. The van der Waals surface area contributed by atoms with Gasteiger partial charge in [-0.2, -0.15) is 0 Å². The molecule has 1 fully saturated rings. The molecule has 134 valence electrons. The molecule has 0 aromatic carbocycles. The number of esters is 1. The van der Waals surface area contributed by atoms with Gasteiger partial charge in [-0.25, -0.2) is 9.78 Å². The van der Waals surface area contributed by atoms with Crippen LogP contribution >= 0.6 is 11.3 Å². The highest BCUT2D eigenvalue weighted by molar-refractivity contribution is 7.20. The maximum absolute atomic E-state index is 12.2. The Labute approximate surface area is 147 Å². The quantitative estimate of drug-likeness (QED) is 0.785. The first-order valence-electron chi connectivity index (χ1n) is 7.97. The van der Waals surface area contributed by atoms with Crippen molar-refractivity contribution in [2.24, 2.45) is 7.05 Å². The van der Waals surface area contributed by atoms with Crippen LogP contribution in [0.4, 0.5) is 0 Å². The number of hydrogen-bond acceptors (Lipinski definition) is 7. The lowest BCUT2D eigenvalue weighted by Gasteiger charge is -2.10. The normalized spacial score (nSPS) is 17.0. The molecular formula is C16H19N3O5S. The van der Waals surface area contributed by atoms with Crippen LogP contribution in [0.1, 0.15) is 28.1 Å². The fourth-order valence-corrected chi connectivity index (χ4v) is 3.72. The zero-order valence-corrected chi connectivity index (χ0v) is 14.9. The van der Waals surface area contributed by atoms with Gasteiger partial charge in [-0.15, -0.1) is 11.3 Å². The van der Waals surface area contributed by atoms with E-state index >= 15 is 0 Å². The van der Waals surface area contributed by atoms with Gasteiger partial charge >= 0.3 is 5.97 Å². The van der Waals surface area contributed by atoms with Gasteiger partial charge in [0.2, 0.25) is 0 Å². The maximum Gasteiger partial charge on any atom is 0.349 e. The van der Waals surface area contributed by atoms with Crippen molar-refractivity contribution in [3.8, 4) is 0 Å². The Morgan fingerprint density at radius 2 is 2.32 bits per heavy atom. The molecule has 0 spiro atoms. The van der Waals surface area contributed by atoms with E-state index in [1.165, 1.54) is 10.9 Å². The third kappa shape index (κ3) is 3.72. The van der Waals surface area contributed by atoms with E-state index in [0.717, 1.165) is 24.2 Å². The number of carbonyl (C=O) groups excluding carboxylic acids is 2. The van der Waals surface area contributed by atoms with Crippen LogP contribution in [-0.2, 0) is 21.3 Å². The second-order valence-electron chi connectivity index (χ2n) is 5.91. The highest BCUT2D eigenvalue weighted by Crippen LogP contribution is 2.27. The molecule has 9 heteroatoms. The van der Waals surface area contributed by atoms with Crippen molar-refractivity contribution in [1.82, 2.24) is 14.9 Å². The number of carbonyl (C=O) groups is 2. The van der Waals surface area contributed by atoms with E-state index in [1.54, 1.807) is 14.0 Å². The van der Waals surface area contributed by atoms with Crippen LogP contribution in [0.15, 0.2) is 11.1 Å². The predicted octanol–water partition coefficient (Wildman–Crippen LogP) is 0.755. The van der Waals surface area contributed by atoms with Crippen molar-refractivity contribution in [2.75, 3.05) is 19.8 Å². The van der Waals surface area contributed by atoms with E-state index < -0.39 is 5.97 Å². The van der Waals surface area contributed by atoms with Gasteiger partial charge in [0.05, 0.1) is 17.8 Å². The SMILES string of the molecule is Cc1c(C(=O)OCC(=O)NC[C@H]2CCCO2)sc2ncn(C)c(=O)c12. The van der Waals surface area contributed by atoms with Gasteiger partial charge in [0, 0.05) is 20.2 Å². The van der Waals surface area contributed by atoms with Crippen molar-refractivity contribution < 1.29 is 19.1 Å². The van der Waals surface area contributed by atoms with Gasteiger partial charge in [0.25, 0.3) is 11.5 Å². The van der Waals surface area contributed by atoms with Crippen molar-refractivity contribution >= 4 is 33.4 Å². The standard InChI is InChI=1S/C16H19N3O5S/c1-9-12-14(18-8-19(2)15(12)21)25-13(9)16(22)24-7-11(20)17-6-10-4-3-5-23-10/h8,10H,3-7H2,1-2H3,(H,17,20)/t10-/m1/s1. The summed E-state index contributed by atoms with van der Waals surface area (Å²) in [6.45, 7) is 2.44. The van der Waals surface area contributed by atoms with Gasteiger partial charge in [-0.3, -0.25) is 9.59 Å². The summed E-state index contributed by atoms with van der Waals surface area (Å²) >= 11 is 1.09. The third-order valence-electron chi connectivity index (χ3n) is 4.08. The summed E-state index contributed by atoms with van der Waals surface area (Å²) in [6, 6.07) is 0. The first-order valence-corrected chi connectivity index (χ1v) is 8.79. The predicted molar refractivity (Wildman–Crippen MR) is 91.9 cm³/mol. The Morgan fingerprint density at radius 1 is 1.52 bits per heavy atom. The Balaban J connectivity index is 1.62. The minimum Gasteiger partial charge on any atom is -0.451 e. The van der Waals surface area contributed by atoms with Crippen LogP contribution < -0.4 is 10.9 Å². The minimum absolute atomic E-state index is 0.0341. The molecule has 8 nitrogen and oxygen atoms in total. The first kappa shape index (κ1) is 17.6. The zero-order chi connectivity index (χ0) is 18.0. The molecule has 1 amide bonds. The highest BCUT2D eigenvalue weighted by atomic mass is 32.1. The van der Waals surface area contributed by atoms with Crippen molar-refractivity contribution in [2.45, 2.75) is 25.9 Å². The number of ether oxygens (including phenoxy) is 2. The molecule has 0 aliphatic carbocycles. The van der Waals surface area contributed by atoms with E-state index in [9.17, 15) is 14.4 Å². The topological polar surface area (TPSA) is 99.5 Å². The maximum atomic E-state index is 12.2. The van der Waals surface area contributed by atoms with Crippen molar-refractivity contribution in [1.29, 1.82) is 0 Å². The lowest BCUT2D eigenvalue weighted by molar-refractivity contribution is -0.124.